The summed E-state index contributed by atoms with van der Waals surface area (Å²) >= 11 is 6.19. The first-order valence-electron chi connectivity index (χ1n) is 10.9. The fourth-order valence-corrected chi connectivity index (χ4v) is 3.11. The molecule has 0 aliphatic heterocycles. The average molecular weight is 446 g/mol. The number of nitrogens with one attached hydrogen (secondary N) is 3. The van der Waals surface area contributed by atoms with Crippen molar-refractivity contribution in [2.45, 2.75) is 52.4 Å². The SMILES string of the molecule is CCCCCCOc1cccc(NCC(=O)Nc2cc(NC(=O)CCC)ccc2Cl)c1. The molecule has 31 heavy (non-hydrogen) atoms. The van der Waals surface area contributed by atoms with Gasteiger partial charge in [0.25, 0.3) is 0 Å². The molecule has 0 spiro atoms. The molecule has 0 unspecified atom stereocenters. The van der Waals surface area contributed by atoms with Crippen LogP contribution in [0.4, 0.5) is 17.1 Å². The van der Waals surface area contributed by atoms with E-state index in [9.17, 15) is 9.59 Å². The van der Waals surface area contributed by atoms with Crippen molar-refractivity contribution in [3.05, 3.63) is 47.5 Å². The average Bonchev–Trinajstić information content (AvgIpc) is 2.75. The lowest BCUT2D eigenvalue weighted by Gasteiger charge is -2.12. The Morgan fingerprint density at radius 3 is 2.52 bits per heavy atom. The molecule has 2 amide bonds. The number of amides is 2. The first-order chi connectivity index (χ1) is 15.0. The second-order valence-corrected chi connectivity index (χ2v) is 7.74. The zero-order chi connectivity index (χ0) is 22.5. The van der Waals surface area contributed by atoms with Crippen LogP contribution in [0.1, 0.15) is 52.4 Å². The standard InChI is InChI=1S/C24H32ClN3O3/c1-3-5-6-7-14-31-20-11-8-10-18(15-20)26-17-24(30)28-22-16-19(12-13-21(22)25)27-23(29)9-4-2/h8,10-13,15-16,26H,3-7,9,14,17H2,1-2H3,(H,27,29)(H,28,30). The molecule has 2 aromatic carbocycles. The van der Waals surface area contributed by atoms with Gasteiger partial charge in [-0.25, -0.2) is 0 Å². The molecule has 6 nitrogen and oxygen atoms in total. The van der Waals surface area contributed by atoms with Crippen molar-refractivity contribution in [1.29, 1.82) is 0 Å². The minimum atomic E-state index is -0.246. The van der Waals surface area contributed by atoms with E-state index < -0.39 is 0 Å². The Morgan fingerprint density at radius 1 is 0.903 bits per heavy atom. The highest BCUT2D eigenvalue weighted by Crippen LogP contribution is 2.26. The summed E-state index contributed by atoms with van der Waals surface area (Å²) in [5.41, 5.74) is 1.84. The van der Waals surface area contributed by atoms with E-state index >= 15 is 0 Å². The second-order valence-electron chi connectivity index (χ2n) is 7.33. The van der Waals surface area contributed by atoms with E-state index in [0.29, 0.717) is 29.4 Å². The number of halogens is 1. The highest BCUT2D eigenvalue weighted by molar-refractivity contribution is 6.33. The quantitative estimate of drug-likeness (QED) is 0.326. The van der Waals surface area contributed by atoms with Gasteiger partial charge in [-0.15, -0.1) is 0 Å². The lowest BCUT2D eigenvalue weighted by atomic mass is 10.2. The van der Waals surface area contributed by atoms with Gasteiger partial charge in [-0.1, -0.05) is 50.8 Å². The number of ether oxygens (including phenoxy) is 1. The van der Waals surface area contributed by atoms with Gasteiger partial charge in [0.15, 0.2) is 0 Å². The summed E-state index contributed by atoms with van der Waals surface area (Å²) in [7, 11) is 0. The summed E-state index contributed by atoms with van der Waals surface area (Å²) < 4.78 is 5.78. The molecule has 2 aromatic rings. The fourth-order valence-electron chi connectivity index (χ4n) is 2.94. The Labute approximate surface area is 189 Å². The van der Waals surface area contributed by atoms with Gasteiger partial charge in [0.1, 0.15) is 5.75 Å². The highest BCUT2D eigenvalue weighted by atomic mass is 35.5. The van der Waals surface area contributed by atoms with Gasteiger partial charge in [-0.3, -0.25) is 9.59 Å². The number of rotatable bonds is 13. The summed E-state index contributed by atoms with van der Waals surface area (Å²) in [6, 6.07) is 12.6. The Hall–Kier alpha value is -2.73. The molecule has 0 saturated heterocycles. The summed E-state index contributed by atoms with van der Waals surface area (Å²) in [6.45, 7) is 4.88. The topological polar surface area (TPSA) is 79.5 Å². The van der Waals surface area contributed by atoms with Crippen molar-refractivity contribution < 1.29 is 14.3 Å². The second kappa shape index (κ2) is 13.5. The molecule has 0 atom stereocenters. The maximum atomic E-state index is 12.4. The van der Waals surface area contributed by atoms with Crippen LogP contribution in [0, 0.1) is 0 Å². The van der Waals surface area contributed by atoms with Gasteiger partial charge < -0.3 is 20.7 Å². The number of hydrogen-bond acceptors (Lipinski definition) is 4. The number of carbonyl (C=O) groups is 2. The van der Waals surface area contributed by atoms with Crippen LogP contribution in [0.5, 0.6) is 5.75 Å². The molecule has 2 rings (SSSR count). The molecule has 0 aliphatic carbocycles. The Morgan fingerprint density at radius 2 is 1.74 bits per heavy atom. The van der Waals surface area contributed by atoms with E-state index in [1.165, 1.54) is 19.3 Å². The van der Waals surface area contributed by atoms with Crippen LogP contribution in [0.2, 0.25) is 5.02 Å². The van der Waals surface area contributed by atoms with Crippen LogP contribution in [-0.2, 0) is 9.59 Å². The van der Waals surface area contributed by atoms with Crippen molar-refractivity contribution in [1.82, 2.24) is 0 Å². The molecule has 0 radical (unpaired) electrons. The number of hydrogen-bond donors (Lipinski definition) is 3. The minimum absolute atomic E-state index is 0.0721. The summed E-state index contributed by atoms with van der Waals surface area (Å²) in [6.07, 6.45) is 5.82. The number of carbonyl (C=O) groups excluding carboxylic acids is 2. The van der Waals surface area contributed by atoms with Gasteiger partial charge in [0.05, 0.1) is 23.9 Å². The molecule has 0 saturated carbocycles. The molecular formula is C24H32ClN3O3. The van der Waals surface area contributed by atoms with Crippen LogP contribution >= 0.6 is 11.6 Å². The molecule has 7 heteroatoms. The van der Waals surface area contributed by atoms with Crippen LogP contribution in [0.25, 0.3) is 0 Å². The van der Waals surface area contributed by atoms with Crippen molar-refractivity contribution >= 4 is 40.5 Å². The minimum Gasteiger partial charge on any atom is -0.494 e. The van der Waals surface area contributed by atoms with Gasteiger partial charge in [-0.05, 0) is 43.2 Å². The predicted molar refractivity (Wildman–Crippen MR) is 128 cm³/mol. The van der Waals surface area contributed by atoms with Gasteiger partial charge in [-0.2, -0.15) is 0 Å². The Bertz CT molecular complexity index is 858. The predicted octanol–water partition coefficient (Wildman–Crippen LogP) is 6.09. The lowest BCUT2D eigenvalue weighted by molar-refractivity contribution is -0.116. The number of anilines is 3. The molecule has 0 aliphatic rings. The van der Waals surface area contributed by atoms with Crippen LogP contribution in [-0.4, -0.2) is 25.0 Å². The molecule has 3 N–H and O–H groups in total. The Balaban J connectivity index is 1.85. The molecule has 168 valence electrons. The third-order valence-electron chi connectivity index (χ3n) is 4.55. The van der Waals surface area contributed by atoms with Crippen LogP contribution in [0.15, 0.2) is 42.5 Å². The highest BCUT2D eigenvalue weighted by Gasteiger charge is 2.09. The van der Waals surface area contributed by atoms with Gasteiger partial charge in [0, 0.05) is 23.9 Å². The largest absolute Gasteiger partial charge is 0.494 e. The molecule has 0 aromatic heterocycles. The first kappa shape index (κ1) is 24.5. The maximum Gasteiger partial charge on any atom is 0.243 e. The van der Waals surface area contributed by atoms with E-state index in [1.807, 2.05) is 31.2 Å². The molecule has 0 bridgehead atoms. The van der Waals surface area contributed by atoms with E-state index in [1.54, 1.807) is 18.2 Å². The van der Waals surface area contributed by atoms with Crippen LogP contribution < -0.4 is 20.7 Å². The normalized spacial score (nSPS) is 10.4. The number of benzene rings is 2. The van der Waals surface area contributed by atoms with Crippen molar-refractivity contribution in [3.63, 3.8) is 0 Å². The van der Waals surface area contributed by atoms with Crippen molar-refractivity contribution in [3.8, 4) is 5.75 Å². The van der Waals surface area contributed by atoms with Gasteiger partial charge in [0.2, 0.25) is 11.8 Å². The monoisotopic (exact) mass is 445 g/mol. The number of unbranched alkanes of at least 4 members (excludes halogenated alkanes) is 3. The smallest absolute Gasteiger partial charge is 0.243 e. The fraction of sp³-hybridized carbons (Fsp3) is 0.417. The van der Waals surface area contributed by atoms with E-state index in [2.05, 4.69) is 22.9 Å². The third-order valence-corrected chi connectivity index (χ3v) is 4.88. The first-order valence-corrected chi connectivity index (χ1v) is 11.3. The summed E-state index contributed by atoms with van der Waals surface area (Å²) in [5.74, 6) is 0.460. The molecule has 0 fully saturated rings. The molecule has 0 heterocycles. The summed E-state index contributed by atoms with van der Waals surface area (Å²) in [4.78, 5) is 24.2. The zero-order valence-corrected chi connectivity index (χ0v) is 19.1. The summed E-state index contributed by atoms with van der Waals surface area (Å²) in [5, 5.41) is 9.07. The van der Waals surface area contributed by atoms with Crippen LogP contribution in [0.3, 0.4) is 0 Å². The third kappa shape index (κ3) is 9.30. The molecular weight excluding hydrogens is 414 g/mol. The maximum absolute atomic E-state index is 12.4. The lowest BCUT2D eigenvalue weighted by Crippen LogP contribution is -2.22. The van der Waals surface area contributed by atoms with Crippen molar-refractivity contribution in [2.75, 3.05) is 29.1 Å². The Kier molecular flexibility index (Phi) is 10.7. The van der Waals surface area contributed by atoms with Gasteiger partial charge >= 0.3 is 0 Å². The zero-order valence-electron chi connectivity index (χ0n) is 18.3. The van der Waals surface area contributed by atoms with Crippen molar-refractivity contribution in [2.24, 2.45) is 0 Å². The van der Waals surface area contributed by atoms with E-state index in [-0.39, 0.29) is 18.4 Å². The van der Waals surface area contributed by atoms with E-state index in [4.69, 9.17) is 16.3 Å². The van der Waals surface area contributed by atoms with E-state index in [0.717, 1.165) is 24.3 Å².